The maximum absolute atomic E-state index is 12.6. The first-order valence-electron chi connectivity index (χ1n) is 8.38. The second kappa shape index (κ2) is 8.68. The zero-order valence-corrected chi connectivity index (χ0v) is 15.9. The second-order valence-corrected chi connectivity index (χ2v) is 7.61. The first kappa shape index (κ1) is 20.4. The van der Waals surface area contributed by atoms with Crippen LogP contribution in [0.5, 0.6) is 0 Å². The second-order valence-electron chi connectivity index (χ2n) is 5.96. The number of aromatic carboxylic acids is 1. The molecule has 2 aromatic rings. The van der Waals surface area contributed by atoms with Gasteiger partial charge in [-0.1, -0.05) is 19.4 Å². The summed E-state index contributed by atoms with van der Waals surface area (Å²) >= 11 is 0. The van der Waals surface area contributed by atoms with Gasteiger partial charge in [-0.25, -0.2) is 18.0 Å². The SMILES string of the molecule is CCCCOC(=O)c1ccc(NS(=O)(=O)c2cc(C(=O)O)ccc2C)cc1. The number of ether oxygens (including phenoxy) is 1. The first-order valence-corrected chi connectivity index (χ1v) is 9.87. The number of carbonyl (C=O) groups excluding carboxylic acids is 1. The van der Waals surface area contributed by atoms with Gasteiger partial charge in [-0.15, -0.1) is 0 Å². The van der Waals surface area contributed by atoms with E-state index in [4.69, 9.17) is 9.84 Å². The highest BCUT2D eigenvalue weighted by Gasteiger charge is 2.19. The Morgan fingerprint density at radius 3 is 2.30 bits per heavy atom. The number of sulfonamides is 1. The first-order chi connectivity index (χ1) is 12.7. The number of hydrogen-bond donors (Lipinski definition) is 2. The van der Waals surface area contributed by atoms with E-state index in [1.807, 2.05) is 6.92 Å². The molecule has 0 aliphatic heterocycles. The van der Waals surface area contributed by atoms with E-state index >= 15 is 0 Å². The van der Waals surface area contributed by atoms with Gasteiger partial charge >= 0.3 is 11.9 Å². The molecule has 27 heavy (non-hydrogen) atoms. The van der Waals surface area contributed by atoms with E-state index < -0.39 is 22.0 Å². The molecule has 0 heterocycles. The van der Waals surface area contributed by atoms with Crippen molar-refractivity contribution in [2.24, 2.45) is 0 Å². The molecule has 0 aliphatic rings. The van der Waals surface area contributed by atoms with Crippen LogP contribution in [0.25, 0.3) is 0 Å². The van der Waals surface area contributed by atoms with Crippen LogP contribution in [0.1, 0.15) is 46.0 Å². The lowest BCUT2D eigenvalue weighted by Gasteiger charge is -2.11. The highest BCUT2D eigenvalue weighted by atomic mass is 32.2. The van der Waals surface area contributed by atoms with Crippen LogP contribution in [0.4, 0.5) is 5.69 Å². The van der Waals surface area contributed by atoms with Crippen molar-refractivity contribution in [3.05, 3.63) is 59.2 Å². The molecule has 2 rings (SSSR count). The smallest absolute Gasteiger partial charge is 0.338 e. The largest absolute Gasteiger partial charge is 0.478 e. The van der Waals surface area contributed by atoms with Gasteiger partial charge in [-0.05, 0) is 55.3 Å². The van der Waals surface area contributed by atoms with Gasteiger partial charge in [0.15, 0.2) is 0 Å². The van der Waals surface area contributed by atoms with E-state index in [2.05, 4.69) is 4.72 Å². The molecule has 0 unspecified atom stereocenters. The summed E-state index contributed by atoms with van der Waals surface area (Å²) in [7, 11) is -3.98. The Balaban J connectivity index is 2.18. The van der Waals surface area contributed by atoms with E-state index in [1.54, 1.807) is 6.92 Å². The third kappa shape index (κ3) is 5.30. The lowest BCUT2D eigenvalue weighted by molar-refractivity contribution is 0.0499. The molecule has 0 fully saturated rings. The van der Waals surface area contributed by atoms with Crippen molar-refractivity contribution in [2.75, 3.05) is 11.3 Å². The number of benzene rings is 2. The molecule has 0 bridgehead atoms. The van der Waals surface area contributed by atoms with Gasteiger partial charge in [0.05, 0.1) is 22.6 Å². The standard InChI is InChI=1S/C19H21NO6S/c1-3-4-11-26-19(23)14-7-9-16(10-8-14)20-27(24,25)17-12-15(18(21)22)6-5-13(17)2/h5-10,12,20H,3-4,11H2,1-2H3,(H,21,22). The van der Waals surface area contributed by atoms with E-state index in [0.717, 1.165) is 18.9 Å². The van der Waals surface area contributed by atoms with Crippen molar-refractivity contribution in [1.29, 1.82) is 0 Å². The summed E-state index contributed by atoms with van der Waals surface area (Å²) in [5.74, 6) is -1.68. The monoisotopic (exact) mass is 391 g/mol. The summed E-state index contributed by atoms with van der Waals surface area (Å²) < 4.78 is 32.7. The molecule has 144 valence electrons. The zero-order chi connectivity index (χ0) is 20.0. The average Bonchev–Trinajstić information content (AvgIpc) is 2.62. The molecule has 2 N–H and O–H groups in total. The number of anilines is 1. The summed E-state index contributed by atoms with van der Waals surface area (Å²) in [6.07, 6.45) is 1.69. The number of rotatable bonds is 8. The van der Waals surface area contributed by atoms with Crippen molar-refractivity contribution in [2.45, 2.75) is 31.6 Å². The summed E-state index contributed by atoms with van der Waals surface area (Å²) in [6, 6.07) is 9.72. The van der Waals surface area contributed by atoms with Crippen LogP contribution in [0.3, 0.4) is 0 Å². The number of nitrogens with one attached hydrogen (secondary N) is 1. The fraction of sp³-hybridized carbons (Fsp3) is 0.263. The fourth-order valence-electron chi connectivity index (χ4n) is 2.30. The maximum Gasteiger partial charge on any atom is 0.338 e. The molecule has 0 saturated heterocycles. The number of carboxylic acid groups (broad SMARTS) is 1. The van der Waals surface area contributed by atoms with Gasteiger partial charge in [0.1, 0.15) is 0 Å². The minimum Gasteiger partial charge on any atom is -0.478 e. The summed E-state index contributed by atoms with van der Waals surface area (Å²) in [5, 5.41) is 9.06. The van der Waals surface area contributed by atoms with E-state index in [-0.39, 0.29) is 16.1 Å². The molecular weight excluding hydrogens is 370 g/mol. The highest BCUT2D eigenvalue weighted by molar-refractivity contribution is 7.92. The highest BCUT2D eigenvalue weighted by Crippen LogP contribution is 2.21. The summed E-state index contributed by atoms with van der Waals surface area (Å²) in [6.45, 7) is 3.90. The Labute approximate surface area is 158 Å². The Bertz CT molecular complexity index is 935. The Morgan fingerprint density at radius 2 is 1.70 bits per heavy atom. The van der Waals surface area contributed by atoms with Crippen LogP contribution in [0, 0.1) is 6.92 Å². The molecule has 0 spiro atoms. The normalized spacial score (nSPS) is 11.0. The Morgan fingerprint density at radius 1 is 1.07 bits per heavy atom. The number of hydrogen-bond acceptors (Lipinski definition) is 5. The molecular formula is C19H21NO6S. The van der Waals surface area contributed by atoms with Gasteiger partial charge in [-0.3, -0.25) is 4.72 Å². The van der Waals surface area contributed by atoms with Gasteiger partial charge in [0.25, 0.3) is 10.0 Å². The molecule has 7 nitrogen and oxygen atoms in total. The van der Waals surface area contributed by atoms with Crippen LogP contribution in [0.15, 0.2) is 47.4 Å². The van der Waals surface area contributed by atoms with Gasteiger partial charge in [-0.2, -0.15) is 0 Å². The van der Waals surface area contributed by atoms with Crippen molar-refractivity contribution < 1.29 is 27.9 Å². The van der Waals surface area contributed by atoms with Crippen LogP contribution in [0.2, 0.25) is 0 Å². The molecule has 0 saturated carbocycles. The maximum atomic E-state index is 12.6. The van der Waals surface area contributed by atoms with Crippen LogP contribution >= 0.6 is 0 Å². The van der Waals surface area contributed by atoms with Crippen molar-refractivity contribution in [3.63, 3.8) is 0 Å². The third-order valence-corrected chi connectivity index (χ3v) is 5.35. The number of carbonyl (C=O) groups is 2. The van der Waals surface area contributed by atoms with E-state index in [9.17, 15) is 18.0 Å². The summed E-state index contributed by atoms with van der Waals surface area (Å²) in [5.41, 5.74) is 0.869. The molecule has 2 aromatic carbocycles. The van der Waals surface area contributed by atoms with Crippen molar-refractivity contribution in [1.82, 2.24) is 0 Å². The molecule has 0 atom stereocenters. The summed E-state index contributed by atoms with van der Waals surface area (Å²) in [4.78, 5) is 22.8. The van der Waals surface area contributed by atoms with Gasteiger partial charge in [0.2, 0.25) is 0 Å². The Kier molecular flexibility index (Phi) is 6.57. The average molecular weight is 391 g/mol. The topological polar surface area (TPSA) is 110 Å². The lowest BCUT2D eigenvalue weighted by Crippen LogP contribution is -2.15. The minimum absolute atomic E-state index is 0.119. The van der Waals surface area contributed by atoms with Crippen LogP contribution < -0.4 is 4.72 Å². The molecule has 0 aliphatic carbocycles. The molecule has 0 aromatic heterocycles. The molecule has 8 heteroatoms. The molecule has 0 radical (unpaired) electrons. The van der Waals surface area contributed by atoms with Crippen LogP contribution in [-0.2, 0) is 14.8 Å². The predicted octanol–water partition coefficient (Wildman–Crippen LogP) is 3.45. The zero-order valence-electron chi connectivity index (χ0n) is 15.1. The predicted molar refractivity (Wildman–Crippen MR) is 101 cm³/mol. The van der Waals surface area contributed by atoms with E-state index in [1.165, 1.54) is 36.4 Å². The quantitative estimate of drug-likeness (QED) is 0.527. The number of aryl methyl sites for hydroxylation is 1. The third-order valence-electron chi connectivity index (χ3n) is 3.83. The van der Waals surface area contributed by atoms with E-state index in [0.29, 0.717) is 17.7 Å². The molecule has 0 amide bonds. The Hall–Kier alpha value is -2.87. The number of unbranched alkanes of at least 4 members (excludes halogenated alkanes) is 1. The van der Waals surface area contributed by atoms with Gasteiger partial charge in [0, 0.05) is 5.69 Å². The van der Waals surface area contributed by atoms with Crippen molar-refractivity contribution in [3.8, 4) is 0 Å². The van der Waals surface area contributed by atoms with Crippen molar-refractivity contribution >= 4 is 27.6 Å². The lowest BCUT2D eigenvalue weighted by atomic mass is 10.1. The number of carboxylic acids is 1. The number of esters is 1. The van der Waals surface area contributed by atoms with Gasteiger partial charge < -0.3 is 9.84 Å². The minimum atomic E-state index is -3.98. The van der Waals surface area contributed by atoms with Crippen LogP contribution in [-0.4, -0.2) is 32.1 Å². The fourth-order valence-corrected chi connectivity index (χ4v) is 3.63.